The number of carbonyl (C=O) groups excluding carboxylic acids is 2. The van der Waals surface area contributed by atoms with E-state index in [1.54, 1.807) is 4.90 Å². The van der Waals surface area contributed by atoms with Crippen LogP contribution in [0, 0.1) is 0 Å². The molecule has 7 rings (SSSR count). The van der Waals surface area contributed by atoms with Gasteiger partial charge in [0.15, 0.2) is 0 Å². The van der Waals surface area contributed by atoms with Crippen molar-refractivity contribution in [3.63, 3.8) is 0 Å². The number of benzene rings is 3. The number of hydrogen-bond acceptors (Lipinski definition) is 5. The Kier molecular flexibility index (Phi) is 6.73. The minimum Gasteiger partial charge on any atom is -0.448 e. The van der Waals surface area contributed by atoms with Gasteiger partial charge in [-0.05, 0) is 68.0 Å². The molecule has 1 saturated heterocycles. The van der Waals surface area contributed by atoms with Gasteiger partial charge >= 0.3 is 6.09 Å². The van der Waals surface area contributed by atoms with Gasteiger partial charge < -0.3 is 19.3 Å². The van der Waals surface area contributed by atoms with Crippen LogP contribution in [0.4, 0.5) is 16.2 Å². The molecule has 2 atom stereocenters. The molecular formula is C35H39N3O4. The molecule has 4 aliphatic rings. The summed E-state index contributed by atoms with van der Waals surface area (Å²) >= 11 is 0. The van der Waals surface area contributed by atoms with Gasteiger partial charge in [-0.1, -0.05) is 60.7 Å². The van der Waals surface area contributed by atoms with Crippen LogP contribution in [0.1, 0.15) is 57.1 Å². The second-order valence-corrected chi connectivity index (χ2v) is 13.0. The molecule has 2 aliphatic heterocycles. The summed E-state index contributed by atoms with van der Waals surface area (Å²) in [7, 11) is 0. The molecule has 2 heterocycles. The van der Waals surface area contributed by atoms with Crippen molar-refractivity contribution >= 4 is 23.4 Å². The van der Waals surface area contributed by atoms with Crippen molar-refractivity contribution < 1.29 is 19.1 Å². The fourth-order valence-corrected chi connectivity index (χ4v) is 7.05. The summed E-state index contributed by atoms with van der Waals surface area (Å²) < 4.78 is 12.4. The molecule has 0 N–H and O–H groups in total. The van der Waals surface area contributed by atoms with E-state index >= 15 is 0 Å². The van der Waals surface area contributed by atoms with Crippen molar-refractivity contribution in [2.75, 3.05) is 36.0 Å². The second-order valence-electron chi connectivity index (χ2n) is 13.0. The van der Waals surface area contributed by atoms with Crippen LogP contribution in [-0.4, -0.2) is 66.9 Å². The van der Waals surface area contributed by atoms with Gasteiger partial charge in [0.25, 0.3) is 0 Å². The highest BCUT2D eigenvalue weighted by Crippen LogP contribution is 2.45. The zero-order valence-electron chi connectivity index (χ0n) is 24.7. The van der Waals surface area contributed by atoms with Crippen LogP contribution in [0.15, 0.2) is 72.8 Å². The fourth-order valence-electron chi connectivity index (χ4n) is 7.05. The van der Waals surface area contributed by atoms with Crippen LogP contribution >= 0.6 is 0 Å². The summed E-state index contributed by atoms with van der Waals surface area (Å²) in [5.41, 5.74) is 6.34. The van der Waals surface area contributed by atoms with Gasteiger partial charge in [-0.15, -0.1) is 0 Å². The molecule has 2 aliphatic carbocycles. The molecule has 1 saturated carbocycles. The third kappa shape index (κ3) is 4.94. The van der Waals surface area contributed by atoms with Crippen LogP contribution in [0.25, 0.3) is 11.1 Å². The number of ether oxygens (including phenoxy) is 2. The Morgan fingerprint density at radius 1 is 0.833 bits per heavy atom. The average molecular weight is 566 g/mol. The minimum absolute atomic E-state index is 0.0397. The van der Waals surface area contributed by atoms with Crippen molar-refractivity contribution in [2.24, 2.45) is 0 Å². The van der Waals surface area contributed by atoms with Gasteiger partial charge in [0.05, 0.1) is 29.6 Å². The first-order chi connectivity index (χ1) is 20.3. The lowest BCUT2D eigenvalue weighted by Gasteiger charge is -2.39. The monoisotopic (exact) mass is 565 g/mol. The molecule has 2 unspecified atom stereocenters. The highest BCUT2D eigenvalue weighted by molar-refractivity contribution is 6.02. The summed E-state index contributed by atoms with van der Waals surface area (Å²) in [4.78, 5) is 34.0. The topological polar surface area (TPSA) is 62.3 Å². The third-order valence-corrected chi connectivity index (χ3v) is 8.94. The predicted octanol–water partition coefficient (Wildman–Crippen LogP) is 6.21. The molecule has 7 heteroatoms. The summed E-state index contributed by atoms with van der Waals surface area (Å²) in [6, 6.07) is 24.7. The first kappa shape index (κ1) is 27.0. The number of para-hydroxylation sites is 2. The van der Waals surface area contributed by atoms with Crippen molar-refractivity contribution in [3.8, 4) is 11.1 Å². The van der Waals surface area contributed by atoms with Gasteiger partial charge in [0.2, 0.25) is 5.91 Å². The van der Waals surface area contributed by atoms with Crippen LogP contribution in [-0.2, 0) is 14.3 Å². The average Bonchev–Trinajstić information content (AvgIpc) is 3.67. The molecule has 0 radical (unpaired) electrons. The number of fused-ring (bicyclic) bond motifs is 4. The first-order valence-corrected chi connectivity index (χ1v) is 15.2. The molecule has 2 fully saturated rings. The van der Waals surface area contributed by atoms with Gasteiger partial charge in [0.1, 0.15) is 12.6 Å². The zero-order valence-corrected chi connectivity index (χ0v) is 24.7. The molecule has 7 nitrogen and oxygen atoms in total. The Labute approximate surface area is 248 Å². The second kappa shape index (κ2) is 10.5. The Bertz CT molecular complexity index is 1460. The summed E-state index contributed by atoms with van der Waals surface area (Å²) in [6.45, 7) is 7.97. The van der Waals surface area contributed by atoms with E-state index in [2.05, 4.69) is 35.2 Å². The lowest BCUT2D eigenvalue weighted by molar-refractivity contribution is -0.122. The molecule has 0 aromatic heterocycles. The van der Waals surface area contributed by atoms with E-state index in [0.717, 1.165) is 17.9 Å². The van der Waals surface area contributed by atoms with Crippen molar-refractivity contribution in [2.45, 2.75) is 69.7 Å². The normalized spacial score (nSPS) is 21.6. The number of anilines is 2. The van der Waals surface area contributed by atoms with E-state index in [1.165, 1.54) is 35.1 Å². The minimum atomic E-state index is -0.645. The SMILES string of the molecule is CC(C)(C)OC1CC(C(=O)N2CCN(C3CC3)c3ccccc32)N(C(=O)OCC2c3ccccc3-c3ccccc32)C1. The molecule has 0 spiro atoms. The maximum absolute atomic E-state index is 14.3. The Morgan fingerprint density at radius 3 is 2.10 bits per heavy atom. The van der Waals surface area contributed by atoms with E-state index in [9.17, 15) is 9.59 Å². The maximum atomic E-state index is 14.3. The third-order valence-electron chi connectivity index (χ3n) is 8.94. The van der Waals surface area contributed by atoms with Crippen LogP contribution in [0.3, 0.4) is 0 Å². The summed E-state index contributed by atoms with van der Waals surface area (Å²) in [5.74, 6) is -0.103. The lowest BCUT2D eigenvalue weighted by atomic mass is 9.98. The number of amides is 2. The smallest absolute Gasteiger partial charge is 0.410 e. The molecule has 0 bridgehead atoms. The Hall–Kier alpha value is -3.84. The molecule has 42 heavy (non-hydrogen) atoms. The lowest BCUT2D eigenvalue weighted by Crippen LogP contribution is -2.52. The number of rotatable bonds is 5. The van der Waals surface area contributed by atoms with Crippen molar-refractivity contribution in [1.82, 2.24) is 4.90 Å². The number of nitrogens with zero attached hydrogens (tertiary/aromatic N) is 3. The molecular weight excluding hydrogens is 526 g/mol. The first-order valence-electron chi connectivity index (χ1n) is 15.2. The Balaban J connectivity index is 1.13. The fraction of sp³-hybridized carbons (Fsp3) is 0.429. The van der Waals surface area contributed by atoms with Crippen LogP contribution in [0.5, 0.6) is 0 Å². The highest BCUT2D eigenvalue weighted by atomic mass is 16.6. The van der Waals surface area contributed by atoms with E-state index < -0.39 is 17.7 Å². The number of hydrogen-bond donors (Lipinski definition) is 0. The molecule has 3 aromatic carbocycles. The standard InChI is InChI=1S/C35H39N3O4/c1-35(2,3)42-24-20-32(33(39)37-19-18-36(23-16-17-23)30-14-8-9-15-31(30)37)38(21-24)34(40)41-22-29-27-12-6-4-10-25(27)26-11-5-7-13-28(26)29/h4-15,23-24,29,32H,16-22H2,1-3H3. The van der Waals surface area contributed by atoms with Crippen LogP contribution < -0.4 is 9.80 Å². The van der Waals surface area contributed by atoms with Gasteiger partial charge in [0, 0.05) is 31.5 Å². The van der Waals surface area contributed by atoms with Crippen molar-refractivity contribution in [1.29, 1.82) is 0 Å². The number of likely N-dealkylation sites (tertiary alicyclic amines) is 1. The van der Waals surface area contributed by atoms with Gasteiger partial charge in [-0.2, -0.15) is 0 Å². The molecule has 2 amide bonds. The predicted molar refractivity (Wildman–Crippen MR) is 164 cm³/mol. The van der Waals surface area contributed by atoms with E-state index in [0.29, 0.717) is 25.6 Å². The van der Waals surface area contributed by atoms with Crippen molar-refractivity contribution in [3.05, 3.63) is 83.9 Å². The van der Waals surface area contributed by atoms with E-state index in [-0.39, 0.29) is 24.5 Å². The molecule has 3 aromatic rings. The Morgan fingerprint density at radius 2 is 1.45 bits per heavy atom. The van der Waals surface area contributed by atoms with Crippen LogP contribution in [0.2, 0.25) is 0 Å². The quantitative estimate of drug-likeness (QED) is 0.368. The summed E-state index contributed by atoms with van der Waals surface area (Å²) in [6.07, 6.45) is 2.15. The van der Waals surface area contributed by atoms with E-state index in [4.69, 9.17) is 9.47 Å². The maximum Gasteiger partial charge on any atom is 0.410 e. The van der Waals surface area contributed by atoms with Gasteiger partial charge in [-0.3, -0.25) is 9.69 Å². The zero-order chi connectivity index (χ0) is 29.0. The number of carbonyl (C=O) groups is 2. The van der Waals surface area contributed by atoms with Gasteiger partial charge in [-0.25, -0.2) is 4.79 Å². The summed E-state index contributed by atoms with van der Waals surface area (Å²) in [5, 5.41) is 0. The highest BCUT2D eigenvalue weighted by Gasteiger charge is 2.46. The van der Waals surface area contributed by atoms with E-state index in [1.807, 2.05) is 68.1 Å². The largest absolute Gasteiger partial charge is 0.448 e. The molecule has 218 valence electrons.